The summed E-state index contributed by atoms with van der Waals surface area (Å²) in [4.78, 5) is 0. The number of ether oxygens (including phenoxy) is 4. The second-order valence-electron chi connectivity index (χ2n) is 5.66. The van der Waals surface area contributed by atoms with Crippen LogP contribution < -0.4 is 0 Å². The van der Waals surface area contributed by atoms with Gasteiger partial charge in [-0.3, -0.25) is 0 Å². The first-order valence-corrected chi connectivity index (χ1v) is 7.41. The average Bonchev–Trinajstić information content (AvgIpc) is 3.00. The first-order chi connectivity index (χ1) is 10.9. The lowest BCUT2D eigenvalue weighted by molar-refractivity contribution is -0.323. The van der Waals surface area contributed by atoms with E-state index >= 15 is 0 Å². The van der Waals surface area contributed by atoms with Gasteiger partial charge in [-0.25, -0.2) is 0 Å². The molecule has 10 heteroatoms. The number of aliphatic hydroxyl groups excluding tert-OH is 6. The Morgan fingerprint density at radius 2 is 1.74 bits per heavy atom. The molecule has 0 saturated carbocycles. The summed E-state index contributed by atoms with van der Waals surface area (Å²) in [5.74, 6) is 0. The zero-order valence-electron chi connectivity index (χ0n) is 12.6. The molecule has 0 aromatic rings. The molecular weight excluding hydrogens is 316 g/mol. The van der Waals surface area contributed by atoms with Crippen LogP contribution in [0.2, 0.25) is 0 Å². The van der Waals surface area contributed by atoms with Crippen LogP contribution in [-0.2, 0) is 18.9 Å². The minimum absolute atomic E-state index is 0.0538. The Kier molecular flexibility index (Phi) is 6.68. The van der Waals surface area contributed by atoms with Crippen molar-refractivity contribution >= 4 is 0 Å². The molecule has 9 atom stereocenters. The molecule has 0 radical (unpaired) electrons. The Hall–Kier alpha value is -0.400. The highest BCUT2D eigenvalue weighted by Gasteiger charge is 2.47. The van der Waals surface area contributed by atoms with Gasteiger partial charge in [-0.1, -0.05) is 0 Å². The van der Waals surface area contributed by atoms with Crippen molar-refractivity contribution < 1.29 is 49.6 Å². The molecule has 0 aliphatic carbocycles. The molecule has 10 nitrogen and oxygen atoms in total. The van der Waals surface area contributed by atoms with Crippen LogP contribution in [0.5, 0.6) is 0 Å². The largest absolute Gasteiger partial charge is 0.394 e. The average molecular weight is 340 g/mol. The molecular formula is C13H24O10. The van der Waals surface area contributed by atoms with Crippen LogP contribution in [-0.4, -0.2) is 106 Å². The normalized spacial score (nSPS) is 44.2. The molecule has 2 aliphatic rings. The van der Waals surface area contributed by atoms with Crippen LogP contribution in [0.15, 0.2) is 0 Å². The van der Waals surface area contributed by atoms with E-state index in [0.717, 1.165) is 0 Å². The minimum atomic E-state index is -1.58. The van der Waals surface area contributed by atoms with Crippen molar-refractivity contribution in [3.8, 4) is 0 Å². The predicted molar refractivity (Wildman–Crippen MR) is 72.0 cm³/mol. The minimum Gasteiger partial charge on any atom is -0.394 e. The van der Waals surface area contributed by atoms with Crippen molar-refractivity contribution in [1.82, 2.24) is 0 Å². The smallest absolute Gasteiger partial charge is 0.187 e. The lowest BCUT2D eigenvalue weighted by atomic mass is 9.99. The zero-order chi connectivity index (χ0) is 17.1. The van der Waals surface area contributed by atoms with Gasteiger partial charge in [-0.2, -0.15) is 0 Å². The van der Waals surface area contributed by atoms with Crippen LogP contribution >= 0.6 is 0 Å². The monoisotopic (exact) mass is 340 g/mol. The van der Waals surface area contributed by atoms with E-state index in [9.17, 15) is 20.4 Å². The van der Waals surface area contributed by atoms with E-state index in [1.165, 1.54) is 6.92 Å². The fraction of sp³-hybridized carbons (Fsp3) is 1.00. The van der Waals surface area contributed by atoms with Crippen LogP contribution in [0.25, 0.3) is 0 Å². The molecule has 0 spiro atoms. The molecule has 2 saturated heterocycles. The summed E-state index contributed by atoms with van der Waals surface area (Å²) in [7, 11) is 0. The maximum atomic E-state index is 9.96. The zero-order valence-corrected chi connectivity index (χ0v) is 12.6. The second kappa shape index (κ2) is 8.12. The van der Waals surface area contributed by atoms with Gasteiger partial charge >= 0.3 is 0 Å². The molecule has 0 aromatic carbocycles. The Balaban J connectivity index is 2.04. The van der Waals surface area contributed by atoms with Crippen molar-refractivity contribution in [3.63, 3.8) is 0 Å². The number of hydrogen-bond donors (Lipinski definition) is 6. The predicted octanol–water partition coefficient (Wildman–Crippen LogP) is -3.71. The Labute approximate surface area is 132 Å². The van der Waals surface area contributed by atoms with E-state index in [4.69, 9.17) is 29.2 Å². The van der Waals surface area contributed by atoms with E-state index < -0.39 is 61.9 Å². The fourth-order valence-corrected chi connectivity index (χ4v) is 2.59. The van der Waals surface area contributed by atoms with Gasteiger partial charge < -0.3 is 49.6 Å². The topological polar surface area (TPSA) is 158 Å². The SMILES string of the molecule is CC(O)[C@H](O[C@@H]1O[C@@H](CO)[C@@H](O)C(O)[C@@H]1O)C1CO[C@@H](CO)O1. The van der Waals surface area contributed by atoms with E-state index in [0.29, 0.717) is 0 Å². The highest BCUT2D eigenvalue weighted by molar-refractivity contribution is 4.90. The van der Waals surface area contributed by atoms with Crippen molar-refractivity contribution in [1.29, 1.82) is 0 Å². The van der Waals surface area contributed by atoms with Gasteiger partial charge in [-0.05, 0) is 6.92 Å². The first kappa shape index (κ1) is 18.9. The standard InChI is InChI=1S/C13H24O10/c1-5(16)12(7-4-20-8(3-15)21-7)23-13-11(19)10(18)9(17)6(2-14)22-13/h5-19H,2-4H2,1H3/t5?,6-,7?,8+,9+,10?,11-,12-,13-/m0/s1. The van der Waals surface area contributed by atoms with E-state index in [2.05, 4.69) is 0 Å². The summed E-state index contributed by atoms with van der Waals surface area (Å²) in [6.07, 6.45) is -10.7. The Morgan fingerprint density at radius 3 is 2.26 bits per heavy atom. The van der Waals surface area contributed by atoms with Crippen LogP contribution in [0.3, 0.4) is 0 Å². The van der Waals surface area contributed by atoms with Crippen LogP contribution in [0.1, 0.15) is 6.92 Å². The molecule has 3 unspecified atom stereocenters. The highest BCUT2D eigenvalue weighted by Crippen LogP contribution is 2.26. The van der Waals surface area contributed by atoms with Crippen LogP contribution in [0.4, 0.5) is 0 Å². The Bertz CT molecular complexity index is 365. The van der Waals surface area contributed by atoms with Gasteiger partial charge in [0.25, 0.3) is 0 Å². The quantitative estimate of drug-likeness (QED) is 0.284. The number of rotatable bonds is 6. The van der Waals surface area contributed by atoms with Gasteiger partial charge in [0, 0.05) is 0 Å². The molecule has 23 heavy (non-hydrogen) atoms. The molecule has 2 fully saturated rings. The lowest BCUT2D eigenvalue weighted by Crippen LogP contribution is -2.60. The summed E-state index contributed by atoms with van der Waals surface area (Å²) in [6, 6.07) is 0. The van der Waals surface area contributed by atoms with Crippen molar-refractivity contribution in [2.45, 2.75) is 62.2 Å². The molecule has 0 bridgehead atoms. The lowest BCUT2D eigenvalue weighted by Gasteiger charge is -2.41. The van der Waals surface area contributed by atoms with E-state index in [1.54, 1.807) is 0 Å². The van der Waals surface area contributed by atoms with Crippen LogP contribution in [0, 0.1) is 0 Å². The van der Waals surface area contributed by atoms with Gasteiger partial charge in [0.15, 0.2) is 12.6 Å². The number of hydrogen-bond acceptors (Lipinski definition) is 10. The molecule has 136 valence electrons. The maximum absolute atomic E-state index is 9.96. The molecule has 6 N–H and O–H groups in total. The molecule has 0 amide bonds. The molecule has 2 heterocycles. The number of aliphatic hydroxyl groups is 6. The first-order valence-electron chi connectivity index (χ1n) is 7.41. The maximum Gasteiger partial charge on any atom is 0.187 e. The summed E-state index contributed by atoms with van der Waals surface area (Å²) < 4.78 is 21.2. The van der Waals surface area contributed by atoms with E-state index in [1.807, 2.05) is 0 Å². The van der Waals surface area contributed by atoms with Crippen molar-refractivity contribution in [2.75, 3.05) is 19.8 Å². The molecule has 0 aromatic heterocycles. The summed E-state index contributed by atoms with van der Waals surface area (Å²) in [5.41, 5.74) is 0. The molecule has 2 rings (SSSR count). The second-order valence-corrected chi connectivity index (χ2v) is 5.66. The summed E-state index contributed by atoms with van der Waals surface area (Å²) >= 11 is 0. The van der Waals surface area contributed by atoms with Gasteiger partial charge in [0.05, 0.1) is 25.9 Å². The van der Waals surface area contributed by atoms with Crippen molar-refractivity contribution in [2.24, 2.45) is 0 Å². The van der Waals surface area contributed by atoms with Gasteiger partial charge in [0.1, 0.15) is 36.6 Å². The summed E-state index contributed by atoms with van der Waals surface area (Å²) in [5, 5.41) is 57.4. The Morgan fingerprint density at radius 1 is 1.04 bits per heavy atom. The summed E-state index contributed by atoms with van der Waals surface area (Å²) in [6.45, 7) is 0.547. The van der Waals surface area contributed by atoms with Crippen molar-refractivity contribution in [3.05, 3.63) is 0 Å². The highest BCUT2D eigenvalue weighted by atomic mass is 16.8. The van der Waals surface area contributed by atoms with Gasteiger partial charge in [-0.15, -0.1) is 0 Å². The fourth-order valence-electron chi connectivity index (χ4n) is 2.59. The van der Waals surface area contributed by atoms with E-state index in [-0.39, 0.29) is 13.2 Å². The third kappa shape index (κ3) is 4.17. The van der Waals surface area contributed by atoms with Gasteiger partial charge in [0.2, 0.25) is 0 Å². The molecule has 2 aliphatic heterocycles. The third-order valence-corrected chi connectivity index (χ3v) is 3.90. The third-order valence-electron chi connectivity index (χ3n) is 3.90.